The van der Waals surface area contributed by atoms with Crippen LogP contribution >= 0.6 is 0 Å². The monoisotopic (exact) mass is 312 g/mol. The first kappa shape index (κ1) is 15.8. The minimum Gasteiger partial charge on any atom is -0.480 e. The molecule has 2 rings (SSSR count). The third-order valence-corrected chi connectivity index (χ3v) is 5.53. The first-order valence-corrected chi connectivity index (χ1v) is 8.35. The molecule has 1 aromatic carbocycles. The van der Waals surface area contributed by atoms with Crippen molar-refractivity contribution in [2.75, 3.05) is 18.5 Å². The first-order valence-electron chi connectivity index (χ1n) is 6.86. The van der Waals surface area contributed by atoms with E-state index in [1.165, 1.54) is 13.1 Å². The number of carboxylic acid groups (broad SMARTS) is 1. The summed E-state index contributed by atoms with van der Waals surface area (Å²) in [5.41, 5.74) is -0.645. The van der Waals surface area contributed by atoms with Gasteiger partial charge in [0, 0.05) is 6.54 Å². The van der Waals surface area contributed by atoms with Gasteiger partial charge in [-0.3, -0.25) is 0 Å². The van der Waals surface area contributed by atoms with Gasteiger partial charge in [-0.1, -0.05) is 12.1 Å². The van der Waals surface area contributed by atoms with Gasteiger partial charge in [0.15, 0.2) is 0 Å². The molecule has 6 nitrogen and oxygen atoms in total. The summed E-state index contributed by atoms with van der Waals surface area (Å²) >= 11 is 0. The summed E-state index contributed by atoms with van der Waals surface area (Å²) in [6.45, 7) is 2.18. The Labute approximate surface area is 124 Å². The van der Waals surface area contributed by atoms with E-state index in [0.717, 1.165) is 12.8 Å². The first-order chi connectivity index (χ1) is 9.83. The van der Waals surface area contributed by atoms with Gasteiger partial charge in [0.1, 0.15) is 10.4 Å². The highest BCUT2D eigenvalue weighted by molar-refractivity contribution is 7.89. The van der Waals surface area contributed by atoms with Crippen molar-refractivity contribution in [3.8, 4) is 0 Å². The van der Waals surface area contributed by atoms with Crippen molar-refractivity contribution in [2.45, 2.75) is 36.6 Å². The summed E-state index contributed by atoms with van der Waals surface area (Å²) in [4.78, 5) is 13.5. The second-order valence-electron chi connectivity index (χ2n) is 5.36. The largest absolute Gasteiger partial charge is 0.480 e. The number of carboxylic acids is 1. The van der Waals surface area contributed by atoms with E-state index in [9.17, 15) is 18.3 Å². The van der Waals surface area contributed by atoms with Gasteiger partial charge in [-0.05, 0) is 45.4 Å². The molecule has 0 saturated carbocycles. The number of rotatable bonds is 4. The standard InChI is InChI=1S/C14H20N2O4S/c1-14(13(17)18)9-5-6-10-16(14)11-7-3-4-8-12(11)21(19,20)15-2/h3-4,7-8,15H,5-6,9-10H2,1-2H3,(H,17,18). The van der Waals surface area contributed by atoms with Crippen LogP contribution in [-0.2, 0) is 14.8 Å². The summed E-state index contributed by atoms with van der Waals surface area (Å²) in [5.74, 6) is -0.932. The number of para-hydroxylation sites is 1. The summed E-state index contributed by atoms with van der Waals surface area (Å²) in [7, 11) is -2.29. The van der Waals surface area contributed by atoms with Crippen LogP contribution in [0.1, 0.15) is 26.2 Å². The Morgan fingerprint density at radius 3 is 2.62 bits per heavy atom. The average molecular weight is 312 g/mol. The Morgan fingerprint density at radius 1 is 1.33 bits per heavy atom. The van der Waals surface area contributed by atoms with Crippen molar-refractivity contribution in [1.29, 1.82) is 0 Å². The van der Waals surface area contributed by atoms with E-state index in [1.807, 2.05) is 0 Å². The van der Waals surface area contributed by atoms with Crippen molar-refractivity contribution < 1.29 is 18.3 Å². The van der Waals surface area contributed by atoms with Crippen molar-refractivity contribution in [1.82, 2.24) is 4.72 Å². The van der Waals surface area contributed by atoms with Crippen LogP contribution in [0, 0.1) is 0 Å². The van der Waals surface area contributed by atoms with Gasteiger partial charge in [-0.15, -0.1) is 0 Å². The van der Waals surface area contributed by atoms with Crippen LogP contribution in [0.25, 0.3) is 0 Å². The molecule has 1 aliphatic heterocycles. The lowest BCUT2D eigenvalue weighted by molar-refractivity contribution is -0.143. The van der Waals surface area contributed by atoms with E-state index in [4.69, 9.17) is 0 Å². The molecule has 7 heteroatoms. The number of anilines is 1. The Kier molecular flexibility index (Phi) is 4.25. The molecule has 1 aromatic rings. The number of benzene rings is 1. The fourth-order valence-electron chi connectivity index (χ4n) is 2.75. The number of aliphatic carboxylic acids is 1. The number of sulfonamides is 1. The molecule has 0 aliphatic carbocycles. The zero-order valence-corrected chi connectivity index (χ0v) is 13.0. The smallest absolute Gasteiger partial charge is 0.329 e. The third-order valence-electron chi connectivity index (χ3n) is 4.07. The molecule has 21 heavy (non-hydrogen) atoms. The maximum absolute atomic E-state index is 12.2. The molecule has 0 amide bonds. The van der Waals surface area contributed by atoms with E-state index < -0.39 is 21.5 Å². The summed E-state index contributed by atoms with van der Waals surface area (Å²) < 4.78 is 26.6. The number of hydrogen-bond acceptors (Lipinski definition) is 4. The van der Waals surface area contributed by atoms with Crippen LogP contribution in [0.15, 0.2) is 29.2 Å². The number of hydrogen-bond donors (Lipinski definition) is 2. The Morgan fingerprint density at radius 2 is 2.00 bits per heavy atom. The van der Waals surface area contributed by atoms with Gasteiger partial charge in [-0.25, -0.2) is 17.9 Å². The molecule has 116 valence electrons. The molecule has 0 spiro atoms. The second kappa shape index (κ2) is 5.65. The molecular weight excluding hydrogens is 292 g/mol. The van der Waals surface area contributed by atoms with Gasteiger partial charge in [0.2, 0.25) is 10.0 Å². The summed E-state index contributed by atoms with van der Waals surface area (Å²) in [6, 6.07) is 6.52. The third kappa shape index (κ3) is 2.75. The summed E-state index contributed by atoms with van der Waals surface area (Å²) in [6.07, 6.45) is 2.16. The van der Waals surface area contributed by atoms with Gasteiger partial charge in [0.25, 0.3) is 0 Å². The maximum atomic E-state index is 12.2. The SMILES string of the molecule is CNS(=O)(=O)c1ccccc1N1CCCCC1(C)C(=O)O. The minimum absolute atomic E-state index is 0.113. The fourth-order valence-corrected chi connectivity index (χ4v) is 3.68. The molecule has 1 atom stereocenters. The fraction of sp³-hybridized carbons (Fsp3) is 0.500. The van der Waals surface area contributed by atoms with Crippen molar-refractivity contribution in [2.24, 2.45) is 0 Å². The van der Waals surface area contributed by atoms with E-state index in [0.29, 0.717) is 18.7 Å². The number of nitrogens with one attached hydrogen (secondary N) is 1. The molecule has 2 N–H and O–H groups in total. The van der Waals surface area contributed by atoms with Gasteiger partial charge < -0.3 is 10.0 Å². The number of carbonyl (C=O) groups is 1. The van der Waals surface area contributed by atoms with Crippen molar-refractivity contribution in [3.63, 3.8) is 0 Å². The minimum atomic E-state index is -3.64. The van der Waals surface area contributed by atoms with E-state index in [1.54, 1.807) is 30.0 Å². The number of piperidine rings is 1. The molecule has 1 aliphatic rings. The summed E-state index contributed by atoms with van der Waals surface area (Å²) in [5, 5.41) is 9.57. The molecule has 0 radical (unpaired) electrons. The van der Waals surface area contributed by atoms with Crippen LogP contribution in [0.5, 0.6) is 0 Å². The van der Waals surface area contributed by atoms with Crippen LogP contribution in [-0.4, -0.2) is 38.6 Å². The van der Waals surface area contributed by atoms with Gasteiger partial charge >= 0.3 is 5.97 Å². The highest BCUT2D eigenvalue weighted by atomic mass is 32.2. The highest BCUT2D eigenvalue weighted by Gasteiger charge is 2.42. The normalized spacial score (nSPS) is 23.0. The predicted octanol–water partition coefficient (Wildman–Crippen LogP) is 1.43. The van der Waals surface area contributed by atoms with E-state index >= 15 is 0 Å². The predicted molar refractivity (Wildman–Crippen MR) is 79.9 cm³/mol. The van der Waals surface area contributed by atoms with Crippen LogP contribution < -0.4 is 9.62 Å². The molecule has 1 unspecified atom stereocenters. The van der Waals surface area contributed by atoms with Crippen LogP contribution in [0.4, 0.5) is 5.69 Å². The Balaban J connectivity index is 2.58. The lowest BCUT2D eigenvalue weighted by Crippen LogP contribution is -2.55. The molecule has 1 fully saturated rings. The molecule has 0 bridgehead atoms. The number of nitrogens with zero attached hydrogens (tertiary/aromatic N) is 1. The highest BCUT2D eigenvalue weighted by Crippen LogP contribution is 2.36. The maximum Gasteiger partial charge on any atom is 0.329 e. The van der Waals surface area contributed by atoms with Crippen LogP contribution in [0.2, 0.25) is 0 Å². The van der Waals surface area contributed by atoms with Crippen molar-refractivity contribution >= 4 is 21.7 Å². The molecule has 1 heterocycles. The van der Waals surface area contributed by atoms with Crippen LogP contribution in [0.3, 0.4) is 0 Å². The Bertz CT molecular complexity index is 644. The van der Waals surface area contributed by atoms with E-state index in [-0.39, 0.29) is 4.90 Å². The lowest BCUT2D eigenvalue weighted by Gasteiger charge is -2.43. The van der Waals surface area contributed by atoms with Crippen molar-refractivity contribution in [3.05, 3.63) is 24.3 Å². The van der Waals surface area contributed by atoms with E-state index in [2.05, 4.69) is 4.72 Å². The molecule has 1 saturated heterocycles. The van der Waals surface area contributed by atoms with Gasteiger partial charge in [-0.2, -0.15) is 0 Å². The quantitative estimate of drug-likeness (QED) is 0.878. The zero-order chi connectivity index (χ0) is 15.7. The zero-order valence-electron chi connectivity index (χ0n) is 12.2. The second-order valence-corrected chi connectivity index (χ2v) is 7.22. The average Bonchev–Trinajstić information content (AvgIpc) is 2.47. The topological polar surface area (TPSA) is 86.7 Å². The lowest BCUT2D eigenvalue weighted by atomic mass is 9.88. The Hall–Kier alpha value is -1.60. The van der Waals surface area contributed by atoms with Gasteiger partial charge in [0.05, 0.1) is 5.69 Å². The molecule has 0 aromatic heterocycles. The molecular formula is C14H20N2O4S.